The number of hydrogen-bond acceptors (Lipinski definition) is 3. The van der Waals surface area contributed by atoms with E-state index in [2.05, 4.69) is 5.10 Å². The van der Waals surface area contributed by atoms with Crippen LogP contribution >= 0.6 is 0 Å². The number of benzene rings is 1. The van der Waals surface area contributed by atoms with Gasteiger partial charge in [0.15, 0.2) is 17.3 Å². The number of ether oxygens (including phenoxy) is 1. The summed E-state index contributed by atoms with van der Waals surface area (Å²) in [5.41, 5.74) is 8.06. The Kier molecular flexibility index (Phi) is 3.57. The fourth-order valence-electron chi connectivity index (χ4n) is 2.00. The van der Waals surface area contributed by atoms with Crippen molar-refractivity contribution in [2.24, 2.45) is 12.8 Å². The molecule has 0 aliphatic heterocycles. The molecule has 5 heteroatoms. The summed E-state index contributed by atoms with van der Waals surface area (Å²) in [4.78, 5) is 0. The molecule has 0 unspecified atom stereocenters. The summed E-state index contributed by atoms with van der Waals surface area (Å²) < 4.78 is 21.4. The van der Waals surface area contributed by atoms with Gasteiger partial charge in [0.05, 0.1) is 5.69 Å². The third-order valence-corrected chi connectivity index (χ3v) is 3.13. The molecule has 2 N–H and O–H groups in total. The predicted molar refractivity (Wildman–Crippen MR) is 71.8 cm³/mol. The second-order valence-electron chi connectivity index (χ2n) is 4.67. The number of nitrogens with zero attached hydrogens (tertiary/aromatic N) is 2. The van der Waals surface area contributed by atoms with Crippen molar-refractivity contribution in [2.75, 3.05) is 0 Å². The van der Waals surface area contributed by atoms with Crippen molar-refractivity contribution in [3.05, 3.63) is 41.0 Å². The van der Waals surface area contributed by atoms with Crippen LogP contribution in [0, 0.1) is 19.7 Å². The molecule has 0 aliphatic carbocycles. The molecule has 1 heterocycles. The van der Waals surface area contributed by atoms with Gasteiger partial charge in [-0.1, -0.05) is 12.1 Å². The van der Waals surface area contributed by atoms with Crippen LogP contribution in [0.1, 0.15) is 29.9 Å². The van der Waals surface area contributed by atoms with Crippen LogP contribution < -0.4 is 10.5 Å². The van der Waals surface area contributed by atoms with Gasteiger partial charge in [-0.3, -0.25) is 4.68 Å². The van der Waals surface area contributed by atoms with E-state index in [1.165, 1.54) is 6.07 Å². The Morgan fingerprint density at radius 2 is 2.00 bits per heavy atom. The van der Waals surface area contributed by atoms with Gasteiger partial charge in [-0.25, -0.2) is 4.39 Å². The van der Waals surface area contributed by atoms with E-state index in [0.29, 0.717) is 11.3 Å². The predicted octanol–water partition coefficient (Wildman–Crippen LogP) is 2.99. The lowest BCUT2D eigenvalue weighted by atomic mass is 10.1. The zero-order chi connectivity index (χ0) is 14.2. The molecule has 1 aromatic carbocycles. The van der Waals surface area contributed by atoms with Crippen molar-refractivity contribution in [2.45, 2.75) is 26.8 Å². The zero-order valence-corrected chi connectivity index (χ0v) is 11.6. The highest BCUT2D eigenvalue weighted by atomic mass is 19.1. The molecule has 0 spiro atoms. The molecule has 4 nitrogen and oxygen atoms in total. The number of para-hydroxylation sites is 1. The fourth-order valence-corrected chi connectivity index (χ4v) is 2.00. The maximum absolute atomic E-state index is 14.0. The van der Waals surface area contributed by atoms with E-state index in [4.69, 9.17) is 10.5 Å². The van der Waals surface area contributed by atoms with Gasteiger partial charge in [0.1, 0.15) is 5.69 Å². The van der Waals surface area contributed by atoms with E-state index in [0.717, 1.165) is 11.4 Å². The van der Waals surface area contributed by atoms with Crippen LogP contribution in [0.25, 0.3) is 0 Å². The number of rotatable bonds is 3. The van der Waals surface area contributed by atoms with Gasteiger partial charge >= 0.3 is 0 Å². The number of halogens is 1. The second kappa shape index (κ2) is 5.01. The molecule has 0 amide bonds. The van der Waals surface area contributed by atoms with Crippen LogP contribution in [0.2, 0.25) is 0 Å². The molecule has 2 rings (SSSR count). The molecule has 0 saturated heterocycles. The highest BCUT2D eigenvalue weighted by molar-refractivity contribution is 5.43. The number of nitrogens with two attached hydrogens (primary N) is 1. The minimum absolute atomic E-state index is 0.178. The molecule has 1 atom stereocenters. The zero-order valence-electron chi connectivity index (χ0n) is 11.6. The van der Waals surface area contributed by atoms with Crippen molar-refractivity contribution < 1.29 is 9.13 Å². The number of aryl methyl sites for hydroxylation is 2. The van der Waals surface area contributed by atoms with Crippen LogP contribution in [-0.2, 0) is 7.05 Å². The van der Waals surface area contributed by atoms with Crippen molar-refractivity contribution in [3.8, 4) is 11.5 Å². The summed E-state index contributed by atoms with van der Waals surface area (Å²) >= 11 is 0. The smallest absolute Gasteiger partial charge is 0.171 e. The first kappa shape index (κ1) is 13.5. The molecule has 102 valence electrons. The number of hydrogen-bond donors (Lipinski definition) is 1. The van der Waals surface area contributed by atoms with E-state index < -0.39 is 5.82 Å². The highest BCUT2D eigenvalue weighted by Crippen LogP contribution is 2.34. The van der Waals surface area contributed by atoms with Crippen LogP contribution in [0.5, 0.6) is 11.5 Å². The van der Waals surface area contributed by atoms with Gasteiger partial charge in [0.2, 0.25) is 0 Å². The fraction of sp³-hybridized carbons (Fsp3) is 0.357. The lowest BCUT2D eigenvalue weighted by Crippen LogP contribution is -2.08. The Labute approximate surface area is 112 Å². The van der Waals surface area contributed by atoms with E-state index in [9.17, 15) is 4.39 Å². The first-order chi connectivity index (χ1) is 8.91. The van der Waals surface area contributed by atoms with Crippen LogP contribution in [-0.4, -0.2) is 9.78 Å². The van der Waals surface area contributed by atoms with Crippen LogP contribution in [0.15, 0.2) is 18.2 Å². The van der Waals surface area contributed by atoms with Crippen LogP contribution in [0.4, 0.5) is 4.39 Å². The molecule has 1 aromatic heterocycles. The molecule has 0 bridgehead atoms. The monoisotopic (exact) mass is 263 g/mol. The van der Waals surface area contributed by atoms with E-state index >= 15 is 0 Å². The summed E-state index contributed by atoms with van der Waals surface area (Å²) in [6.45, 7) is 5.50. The second-order valence-corrected chi connectivity index (χ2v) is 4.67. The van der Waals surface area contributed by atoms with Gasteiger partial charge in [-0.15, -0.1) is 0 Å². The first-order valence-electron chi connectivity index (χ1n) is 6.14. The lowest BCUT2D eigenvalue weighted by molar-refractivity contribution is 0.427. The molecular weight excluding hydrogens is 245 g/mol. The van der Waals surface area contributed by atoms with E-state index in [1.54, 1.807) is 23.7 Å². The minimum Gasteiger partial charge on any atom is -0.450 e. The highest BCUT2D eigenvalue weighted by Gasteiger charge is 2.18. The number of aromatic nitrogens is 2. The molecule has 0 fully saturated rings. The Morgan fingerprint density at radius 3 is 2.53 bits per heavy atom. The third-order valence-electron chi connectivity index (χ3n) is 3.13. The summed E-state index contributed by atoms with van der Waals surface area (Å²) in [6, 6.07) is 4.46. The summed E-state index contributed by atoms with van der Waals surface area (Å²) in [6.07, 6.45) is 0. The molecule has 0 radical (unpaired) electrons. The quantitative estimate of drug-likeness (QED) is 0.926. The Balaban J connectivity index is 2.49. The van der Waals surface area contributed by atoms with Gasteiger partial charge in [0, 0.05) is 18.7 Å². The Hall–Kier alpha value is -1.88. The van der Waals surface area contributed by atoms with Gasteiger partial charge in [0.25, 0.3) is 0 Å². The summed E-state index contributed by atoms with van der Waals surface area (Å²) in [5.74, 6) is 0.337. The first-order valence-corrected chi connectivity index (χ1v) is 6.14. The van der Waals surface area contributed by atoms with Gasteiger partial charge < -0.3 is 10.5 Å². The Bertz CT molecular complexity index is 605. The third kappa shape index (κ3) is 2.46. The molecule has 0 aliphatic rings. The lowest BCUT2D eigenvalue weighted by Gasteiger charge is -2.14. The van der Waals surface area contributed by atoms with Gasteiger partial charge in [-0.2, -0.15) is 5.10 Å². The van der Waals surface area contributed by atoms with E-state index in [1.807, 2.05) is 20.9 Å². The SMILES string of the molecule is Cc1nn(C)c(C)c1Oc1c(F)cccc1[C@H](C)N. The summed E-state index contributed by atoms with van der Waals surface area (Å²) in [7, 11) is 1.82. The topological polar surface area (TPSA) is 53.1 Å². The molecule has 2 aromatic rings. The largest absolute Gasteiger partial charge is 0.450 e. The average molecular weight is 263 g/mol. The molecular formula is C14H18FN3O. The van der Waals surface area contributed by atoms with Crippen molar-refractivity contribution in [3.63, 3.8) is 0 Å². The maximum Gasteiger partial charge on any atom is 0.171 e. The standard InChI is InChI=1S/C14H18FN3O/c1-8(16)11-6-5-7-12(15)14(11)19-13-9(2)17-18(4)10(13)3/h5-8H,16H2,1-4H3/t8-/m0/s1. The van der Waals surface area contributed by atoms with Crippen molar-refractivity contribution >= 4 is 0 Å². The van der Waals surface area contributed by atoms with E-state index in [-0.39, 0.29) is 11.8 Å². The Morgan fingerprint density at radius 1 is 1.32 bits per heavy atom. The minimum atomic E-state index is -0.419. The van der Waals surface area contributed by atoms with Gasteiger partial charge in [-0.05, 0) is 26.8 Å². The molecule has 0 saturated carbocycles. The molecule has 19 heavy (non-hydrogen) atoms. The normalized spacial score (nSPS) is 12.5. The van der Waals surface area contributed by atoms with Crippen molar-refractivity contribution in [1.29, 1.82) is 0 Å². The maximum atomic E-state index is 14.0. The van der Waals surface area contributed by atoms with Crippen molar-refractivity contribution in [1.82, 2.24) is 9.78 Å². The average Bonchev–Trinajstić information content (AvgIpc) is 2.57. The summed E-state index contributed by atoms with van der Waals surface area (Å²) in [5, 5.41) is 4.25. The van der Waals surface area contributed by atoms with Crippen LogP contribution in [0.3, 0.4) is 0 Å².